The Kier molecular flexibility index (Phi) is 3.51. The number of rotatable bonds is 0. The Labute approximate surface area is 115 Å². The lowest BCUT2D eigenvalue weighted by atomic mass is 10.2. The van der Waals surface area contributed by atoms with Gasteiger partial charge in [0.05, 0.1) is 24.1 Å². The maximum atomic E-state index is 4.06. The van der Waals surface area contributed by atoms with E-state index >= 15 is 0 Å². The second kappa shape index (κ2) is 5.79. The Morgan fingerprint density at radius 2 is 1.40 bits per heavy atom. The lowest BCUT2D eigenvalue weighted by molar-refractivity contribution is 1.05. The number of hydrogen-bond acceptors (Lipinski definition) is 5. The Morgan fingerprint density at radius 3 is 2.10 bits per heavy atom. The van der Waals surface area contributed by atoms with Crippen molar-refractivity contribution in [1.29, 1.82) is 0 Å². The minimum atomic E-state index is 0.838. The average molecular weight is 261 g/mol. The zero-order chi connectivity index (χ0) is 13.6. The molecule has 0 radical (unpaired) electrons. The van der Waals surface area contributed by atoms with Crippen LogP contribution < -0.4 is 0 Å². The van der Waals surface area contributed by atoms with Crippen LogP contribution in [0.25, 0.3) is 21.8 Å². The molecule has 0 aliphatic heterocycles. The van der Waals surface area contributed by atoms with E-state index in [4.69, 9.17) is 0 Å². The maximum Gasteiger partial charge on any atom is 0.116 e. The van der Waals surface area contributed by atoms with Gasteiger partial charge in [0, 0.05) is 17.0 Å². The molecule has 0 spiro atoms. The van der Waals surface area contributed by atoms with Crippen LogP contribution in [-0.4, -0.2) is 25.1 Å². The third kappa shape index (κ3) is 2.72. The molecule has 0 saturated carbocycles. The molecule has 5 nitrogen and oxygen atoms in total. The highest BCUT2D eigenvalue weighted by atomic mass is 15.1. The van der Waals surface area contributed by atoms with Crippen molar-refractivity contribution in [2.24, 2.45) is 0 Å². The van der Waals surface area contributed by atoms with Crippen molar-refractivity contribution in [3.05, 3.63) is 67.5 Å². The van der Waals surface area contributed by atoms with E-state index in [9.17, 15) is 0 Å². The number of pyridine rings is 1. The van der Waals surface area contributed by atoms with E-state index in [1.54, 1.807) is 24.8 Å². The van der Waals surface area contributed by atoms with Gasteiger partial charge < -0.3 is 0 Å². The first-order valence-corrected chi connectivity index (χ1v) is 6.10. The summed E-state index contributed by atoms with van der Waals surface area (Å²) in [5.41, 5.74) is 1.72. The number of hydrogen-bond donors (Lipinski definition) is 0. The molecule has 5 heteroatoms. The second-order valence-electron chi connectivity index (χ2n) is 4.05. The lowest BCUT2D eigenvalue weighted by Crippen LogP contribution is -1.81. The molecule has 4 rings (SSSR count). The summed E-state index contributed by atoms with van der Waals surface area (Å²) in [7, 11) is 0. The van der Waals surface area contributed by atoms with E-state index in [1.807, 2.05) is 36.4 Å². The van der Waals surface area contributed by atoms with Gasteiger partial charge in [-0.2, -0.15) is 10.2 Å². The van der Waals surface area contributed by atoms with Crippen LogP contribution in [0.15, 0.2) is 67.5 Å². The van der Waals surface area contributed by atoms with Gasteiger partial charge in [-0.15, -0.1) is 0 Å². The smallest absolute Gasteiger partial charge is 0.116 e. The Bertz CT molecular complexity index is 630. The van der Waals surface area contributed by atoms with E-state index in [1.165, 1.54) is 6.33 Å². The van der Waals surface area contributed by atoms with Crippen LogP contribution in [0.5, 0.6) is 0 Å². The molecule has 0 amide bonds. The Hall–Kier alpha value is -2.95. The van der Waals surface area contributed by atoms with Crippen molar-refractivity contribution in [2.45, 2.75) is 0 Å². The summed E-state index contributed by atoms with van der Waals surface area (Å²) >= 11 is 0. The molecular weight excluding hydrogens is 250 g/mol. The predicted octanol–water partition coefficient (Wildman–Crippen LogP) is 2.65. The fourth-order valence-corrected chi connectivity index (χ4v) is 1.75. The third-order valence-corrected chi connectivity index (χ3v) is 2.73. The molecule has 3 heterocycles. The minimum absolute atomic E-state index is 0.838. The van der Waals surface area contributed by atoms with Crippen molar-refractivity contribution >= 4 is 21.8 Å². The van der Waals surface area contributed by atoms with Gasteiger partial charge in [0.15, 0.2) is 0 Å². The highest BCUT2D eigenvalue weighted by molar-refractivity contribution is 5.80. The molecule has 3 aromatic heterocycles. The van der Waals surface area contributed by atoms with Crippen molar-refractivity contribution in [3.8, 4) is 0 Å². The van der Waals surface area contributed by atoms with Gasteiger partial charge in [-0.25, -0.2) is 9.97 Å². The van der Waals surface area contributed by atoms with Gasteiger partial charge in [0.2, 0.25) is 0 Å². The highest BCUT2D eigenvalue weighted by Crippen LogP contribution is 2.08. The fraction of sp³-hybridized carbons (Fsp3) is 0. The SMILES string of the molecule is c1ccc2cnncc2c1.c1cnc2cncnc2c1. The molecule has 0 aliphatic rings. The zero-order valence-electron chi connectivity index (χ0n) is 10.6. The first-order valence-electron chi connectivity index (χ1n) is 6.10. The molecule has 0 atom stereocenters. The van der Waals surface area contributed by atoms with Gasteiger partial charge >= 0.3 is 0 Å². The molecule has 0 N–H and O–H groups in total. The maximum absolute atomic E-state index is 4.06. The molecule has 1 aromatic carbocycles. The van der Waals surface area contributed by atoms with Crippen molar-refractivity contribution in [1.82, 2.24) is 25.1 Å². The minimum Gasteiger partial charge on any atom is -0.253 e. The van der Waals surface area contributed by atoms with E-state index < -0.39 is 0 Å². The number of aromatic nitrogens is 5. The molecule has 0 bridgehead atoms. The Morgan fingerprint density at radius 1 is 0.650 bits per heavy atom. The van der Waals surface area contributed by atoms with Crippen LogP contribution in [0.4, 0.5) is 0 Å². The van der Waals surface area contributed by atoms with Gasteiger partial charge in [-0.05, 0) is 12.1 Å². The monoisotopic (exact) mass is 261 g/mol. The second-order valence-corrected chi connectivity index (χ2v) is 4.05. The van der Waals surface area contributed by atoms with Gasteiger partial charge in [0.1, 0.15) is 11.8 Å². The third-order valence-electron chi connectivity index (χ3n) is 2.73. The summed E-state index contributed by atoms with van der Waals surface area (Å²) in [6, 6.07) is 11.8. The molecule has 0 saturated heterocycles. The van der Waals surface area contributed by atoms with Crippen LogP contribution in [0.1, 0.15) is 0 Å². The highest BCUT2D eigenvalue weighted by Gasteiger charge is 1.89. The molecule has 4 aromatic rings. The quantitative estimate of drug-likeness (QED) is 0.487. The summed E-state index contributed by atoms with van der Waals surface area (Å²) in [4.78, 5) is 11.9. The van der Waals surface area contributed by atoms with Crippen LogP contribution in [0.3, 0.4) is 0 Å². The molecular formula is C15H11N5. The predicted molar refractivity (Wildman–Crippen MR) is 76.9 cm³/mol. The molecule has 0 aliphatic carbocycles. The lowest BCUT2D eigenvalue weighted by Gasteiger charge is -1.90. The fourth-order valence-electron chi connectivity index (χ4n) is 1.75. The molecule has 0 fully saturated rings. The van der Waals surface area contributed by atoms with Crippen molar-refractivity contribution in [3.63, 3.8) is 0 Å². The first-order chi connectivity index (χ1) is 9.93. The molecule has 20 heavy (non-hydrogen) atoms. The van der Waals surface area contributed by atoms with Gasteiger partial charge in [0.25, 0.3) is 0 Å². The summed E-state index contributed by atoms with van der Waals surface area (Å²) in [5, 5.41) is 9.80. The summed E-state index contributed by atoms with van der Waals surface area (Å²) < 4.78 is 0. The normalized spacial score (nSPS) is 10.0. The number of benzene rings is 1. The number of fused-ring (bicyclic) bond motifs is 2. The van der Waals surface area contributed by atoms with Crippen LogP contribution in [0.2, 0.25) is 0 Å². The van der Waals surface area contributed by atoms with Crippen LogP contribution in [0, 0.1) is 0 Å². The van der Waals surface area contributed by atoms with E-state index in [0.717, 1.165) is 21.8 Å². The van der Waals surface area contributed by atoms with E-state index in [-0.39, 0.29) is 0 Å². The van der Waals surface area contributed by atoms with E-state index in [2.05, 4.69) is 25.1 Å². The number of nitrogens with zero attached hydrogens (tertiary/aromatic N) is 5. The summed E-state index contributed by atoms with van der Waals surface area (Å²) in [6.07, 6.45) is 8.46. The van der Waals surface area contributed by atoms with Gasteiger partial charge in [-0.3, -0.25) is 4.98 Å². The zero-order valence-corrected chi connectivity index (χ0v) is 10.6. The summed E-state index contributed by atoms with van der Waals surface area (Å²) in [6.45, 7) is 0. The average Bonchev–Trinajstić information content (AvgIpc) is 2.56. The largest absolute Gasteiger partial charge is 0.253 e. The van der Waals surface area contributed by atoms with Crippen molar-refractivity contribution < 1.29 is 0 Å². The standard InChI is InChI=1S/C8H6N2.C7H5N3/c1-2-4-8-6-10-9-5-7(8)3-1;1-2-6-7(9-3-1)4-8-5-10-6/h1-6H;1-5H. The molecule has 96 valence electrons. The van der Waals surface area contributed by atoms with E-state index in [0.29, 0.717) is 0 Å². The summed E-state index contributed by atoms with van der Waals surface area (Å²) in [5.74, 6) is 0. The van der Waals surface area contributed by atoms with Gasteiger partial charge in [-0.1, -0.05) is 24.3 Å². The van der Waals surface area contributed by atoms with Crippen molar-refractivity contribution in [2.75, 3.05) is 0 Å². The first kappa shape index (κ1) is 12.1. The van der Waals surface area contributed by atoms with Crippen LogP contribution in [-0.2, 0) is 0 Å². The van der Waals surface area contributed by atoms with Crippen LogP contribution >= 0.6 is 0 Å². The Balaban J connectivity index is 0.000000121. The topological polar surface area (TPSA) is 64.5 Å². The molecule has 0 unspecified atom stereocenters.